The molecule has 120 valence electrons. The number of nitrogens with one attached hydrogen (secondary N) is 2. The standard InChI is InChI=1S/C17H20N4O2/c1-3-14-11(2)16(20-19-14)18-17(23)12-9-15(22)21(10-12)13-7-5-4-6-8-13/h4-8,12H,3,9-10H2,1-2H3,(H2,18,19,20,23)/t12-/m1/s1. The van der Waals surface area contributed by atoms with Gasteiger partial charge in [-0.05, 0) is 25.5 Å². The Morgan fingerprint density at radius 2 is 2.13 bits per heavy atom. The summed E-state index contributed by atoms with van der Waals surface area (Å²) in [5.74, 6) is 0.0136. The van der Waals surface area contributed by atoms with Crippen LogP contribution in [0.2, 0.25) is 0 Å². The summed E-state index contributed by atoms with van der Waals surface area (Å²) in [5.41, 5.74) is 2.79. The summed E-state index contributed by atoms with van der Waals surface area (Å²) in [6.07, 6.45) is 1.06. The topological polar surface area (TPSA) is 78.1 Å². The molecule has 1 saturated heterocycles. The number of H-pyrrole nitrogens is 1. The maximum absolute atomic E-state index is 12.4. The van der Waals surface area contributed by atoms with Crippen LogP contribution in [0.1, 0.15) is 24.6 Å². The number of para-hydroxylation sites is 1. The molecule has 23 heavy (non-hydrogen) atoms. The second-order valence-corrected chi connectivity index (χ2v) is 5.76. The number of carbonyl (C=O) groups excluding carboxylic acids is 2. The lowest BCUT2D eigenvalue weighted by Crippen LogP contribution is -2.28. The summed E-state index contributed by atoms with van der Waals surface area (Å²) in [6.45, 7) is 4.35. The van der Waals surface area contributed by atoms with Crippen molar-refractivity contribution < 1.29 is 9.59 Å². The average Bonchev–Trinajstić information content (AvgIpc) is 3.12. The summed E-state index contributed by atoms with van der Waals surface area (Å²) in [4.78, 5) is 26.3. The molecule has 0 saturated carbocycles. The number of rotatable bonds is 4. The first-order valence-corrected chi connectivity index (χ1v) is 7.80. The fourth-order valence-corrected chi connectivity index (χ4v) is 2.86. The Kier molecular flexibility index (Phi) is 4.14. The number of amides is 2. The first-order valence-electron chi connectivity index (χ1n) is 7.80. The molecule has 1 atom stereocenters. The molecule has 2 amide bonds. The highest BCUT2D eigenvalue weighted by atomic mass is 16.2. The normalized spacial score (nSPS) is 17.6. The second kappa shape index (κ2) is 6.24. The van der Waals surface area contributed by atoms with Gasteiger partial charge >= 0.3 is 0 Å². The van der Waals surface area contributed by atoms with E-state index in [-0.39, 0.29) is 24.2 Å². The summed E-state index contributed by atoms with van der Waals surface area (Å²) in [5, 5.41) is 9.90. The Bertz CT molecular complexity index is 723. The van der Waals surface area contributed by atoms with Crippen molar-refractivity contribution in [2.24, 2.45) is 5.92 Å². The zero-order valence-corrected chi connectivity index (χ0v) is 13.3. The van der Waals surface area contributed by atoms with Gasteiger partial charge in [-0.25, -0.2) is 0 Å². The smallest absolute Gasteiger partial charge is 0.231 e. The molecule has 2 heterocycles. The third kappa shape index (κ3) is 2.97. The van der Waals surface area contributed by atoms with Crippen molar-refractivity contribution in [1.29, 1.82) is 0 Å². The van der Waals surface area contributed by atoms with Crippen molar-refractivity contribution in [2.45, 2.75) is 26.7 Å². The molecule has 3 rings (SSSR count). The molecule has 6 heteroatoms. The van der Waals surface area contributed by atoms with Crippen molar-refractivity contribution >= 4 is 23.3 Å². The van der Waals surface area contributed by atoms with Gasteiger partial charge in [-0.2, -0.15) is 5.10 Å². The molecule has 1 aliphatic rings. The third-order valence-electron chi connectivity index (χ3n) is 4.27. The molecular formula is C17H20N4O2. The van der Waals surface area contributed by atoms with E-state index in [1.165, 1.54) is 0 Å². The van der Waals surface area contributed by atoms with Crippen molar-refractivity contribution in [2.75, 3.05) is 16.8 Å². The molecule has 1 aliphatic heterocycles. The predicted octanol–water partition coefficient (Wildman–Crippen LogP) is 2.27. The molecule has 1 aromatic heterocycles. The highest BCUT2D eigenvalue weighted by Crippen LogP contribution is 2.26. The molecule has 0 aliphatic carbocycles. The number of carbonyl (C=O) groups is 2. The minimum absolute atomic E-state index is 0.0238. The van der Waals surface area contributed by atoms with E-state index in [1.54, 1.807) is 4.90 Å². The van der Waals surface area contributed by atoms with Gasteiger partial charge in [-0.1, -0.05) is 25.1 Å². The molecule has 6 nitrogen and oxygen atoms in total. The third-order valence-corrected chi connectivity index (χ3v) is 4.27. The van der Waals surface area contributed by atoms with E-state index in [0.29, 0.717) is 12.4 Å². The van der Waals surface area contributed by atoms with Gasteiger partial charge in [0.25, 0.3) is 0 Å². The van der Waals surface area contributed by atoms with Gasteiger partial charge in [-0.3, -0.25) is 14.7 Å². The van der Waals surface area contributed by atoms with Crippen molar-refractivity contribution in [3.8, 4) is 0 Å². The Hall–Kier alpha value is -2.63. The number of hydrogen-bond acceptors (Lipinski definition) is 3. The maximum Gasteiger partial charge on any atom is 0.231 e. The number of aromatic nitrogens is 2. The summed E-state index contributed by atoms with van der Waals surface area (Å²) in [6, 6.07) is 9.43. The molecule has 2 aromatic rings. The van der Waals surface area contributed by atoms with Gasteiger partial charge in [0.1, 0.15) is 0 Å². The van der Waals surface area contributed by atoms with Crippen LogP contribution in [-0.4, -0.2) is 28.6 Å². The molecule has 0 spiro atoms. The van der Waals surface area contributed by atoms with Gasteiger partial charge in [0.05, 0.1) is 5.92 Å². The molecule has 0 radical (unpaired) electrons. The fraction of sp³-hybridized carbons (Fsp3) is 0.353. The second-order valence-electron chi connectivity index (χ2n) is 5.76. The first kappa shape index (κ1) is 15.3. The lowest BCUT2D eigenvalue weighted by molar-refractivity contribution is -0.122. The Balaban J connectivity index is 1.69. The Morgan fingerprint density at radius 1 is 1.39 bits per heavy atom. The lowest BCUT2D eigenvalue weighted by Gasteiger charge is -2.16. The Labute approximate surface area is 134 Å². The fourth-order valence-electron chi connectivity index (χ4n) is 2.86. The van der Waals surface area contributed by atoms with Gasteiger partial charge < -0.3 is 10.2 Å². The molecular weight excluding hydrogens is 292 g/mol. The van der Waals surface area contributed by atoms with E-state index in [0.717, 1.165) is 23.4 Å². The van der Waals surface area contributed by atoms with Crippen LogP contribution in [-0.2, 0) is 16.0 Å². The zero-order chi connectivity index (χ0) is 16.4. The maximum atomic E-state index is 12.4. The van der Waals surface area contributed by atoms with Crippen LogP contribution in [0.25, 0.3) is 0 Å². The number of hydrogen-bond donors (Lipinski definition) is 2. The molecule has 2 N–H and O–H groups in total. The van der Waals surface area contributed by atoms with Crippen LogP contribution in [0.4, 0.5) is 11.5 Å². The first-order chi connectivity index (χ1) is 11.1. The van der Waals surface area contributed by atoms with E-state index in [9.17, 15) is 9.59 Å². The van der Waals surface area contributed by atoms with E-state index in [2.05, 4.69) is 15.5 Å². The van der Waals surface area contributed by atoms with Crippen LogP contribution in [0, 0.1) is 12.8 Å². The van der Waals surface area contributed by atoms with Crippen LogP contribution in [0.15, 0.2) is 30.3 Å². The quantitative estimate of drug-likeness (QED) is 0.909. The predicted molar refractivity (Wildman–Crippen MR) is 88.2 cm³/mol. The largest absolute Gasteiger partial charge is 0.312 e. The highest BCUT2D eigenvalue weighted by Gasteiger charge is 2.35. The zero-order valence-electron chi connectivity index (χ0n) is 13.3. The minimum atomic E-state index is -0.358. The average molecular weight is 312 g/mol. The van der Waals surface area contributed by atoms with Crippen LogP contribution in [0.3, 0.4) is 0 Å². The number of benzene rings is 1. The summed E-state index contributed by atoms with van der Waals surface area (Å²) >= 11 is 0. The molecule has 1 fully saturated rings. The molecule has 0 bridgehead atoms. The Morgan fingerprint density at radius 3 is 2.78 bits per heavy atom. The van der Waals surface area contributed by atoms with E-state index >= 15 is 0 Å². The van der Waals surface area contributed by atoms with Crippen LogP contribution in [0.5, 0.6) is 0 Å². The van der Waals surface area contributed by atoms with Crippen LogP contribution >= 0.6 is 0 Å². The van der Waals surface area contributed by atoms with Gasteiger partial charge in [0.15, 0.2) is 5.82 Å². The molecule has 0 unspecified atom stereocenters. The van der Waals surface area contributed by atoms with Gasteiger partial charge in [0, 0.05) is 29.9 Å². The summed E-state index contributed by atoms with van der Waals surface area (Å²) in [7, 11) is 0. The number of aromatic amines is 1. The number of aryl methyl sites for hydroxylation is 1. The van der Waals surface area contributed by atoms with E-state index in [4.69, 9.17) is 0 Å². The lowest BCUT2D eigenvalue weighted by atomic mass is 10.1. The van der Waals surface area contributed by atoms with Crippen molar-refractivity contribution in [1.82, 2.24) is 10.2 Å². The van der Waals surface area contributed by atoms with E-state index in [1.807, 2.05) is 44.2 Å². The molecule has 1 aromatic carbocycles. The van der Waals surface area contributed by atoms with Crippen molar-refractivity contribution in [3.05, 3.63) is 41.6 Å². The van der Waals surface area contributed by atoms with E-state index < -0.39 is 0 Å². The van der Waals surface area contributed by atoms with Gasteiger partial charge in [-0.15, -0.1) is 0 Å². The SMILES string of the molecule is CCc1[nH]nc(NC(=O)[C@@H]2CC(=O)N(c3ccccc3)C2)c1C. The van der Waals surface area contributed by atoms with Crippen LogP contribution < -0.4 is 10.2 Å². The van der Waals surface area contributed by atoms with Gasteiger partial charge in [0.2, 0.25) is 11.8 Å². The summed E-state index contributed by atoms with van der Waals surface area (Å²) < 4.78 is 0. The number of nitrogens with zero attached hydrogens (tertiary/aromatic N) is 2. The van der Waals surface area contributed by atoms with Crippen molar-refractivity contribution in [3.63, 3.8) is 0 Å². The highest BCUT2D eigenvalue weighted by molar-refractivity contribution is 6.03. The minimum Gasteiger partial charge on any atom is -0.312 e. The monoisotopic (exact) mass is 312 g/mol. The number of anilines is 2.